The van der Waals surface area contributed by atoms with Crippen LogP contribution in [0.1, 0.15) is 24.0 Å². The molecule has 1 N–H and O–H groups in total. The van der Waals surface area contributed by atoms with E-state index in [1.165, 1.54) is 34.2 Å². The number of aryl methyl sites for hydroxylation is 2. The van der Waals surface area contributed by atoms with Gasteiger partial charge in [0.2, 0.25) is 5.91 Å². The zero-order valence-electron chi connectivity index (χ0n) is 11.6. The Kier molecular flexibility index (Phi) is 5.06. The average Bonchev–Trinajstić information content (AvgIpc) is 2.89. The van der Waals surface area contributed by atoms with Crippen LogP contribution in [-0.2, 0) is 22.4 Å². The van der Waals surface area contributed by atoms with Crippen molar-refractivity contribution in [3.05, 3.63) is 29.3 Å². The molecule has 2 rings (SSSR count). The predicted octanol–water partition coefficient (Wildman–Crippen LogP) is 2.20. The normalized spacial score (nSPS) is 13.1. The van der Waals surface area contributed by atoms with E-state index in [1.54, 1.807) is 7.05 Å². The summed E-state index contributed by atoms with van der Waals surface area (Å²) in [6.45, 7) is 0.263. The number of carbonyl (C=O) groups excluding carboxylic acids is 1. The van der Waals surface area contributed by atoms with Crippen LogP contribution >= 0.6 is 11.8 Å². The molecule has 0 aliphatic heterocycles. The van der Waals surface area contributed by atoms with Gasteiger partial charge >= 0.3 is 5.97 Å². The van der Waals surface area contributed by atoms with Crippen molar-refractivity contribution in [2.75, 3.05) is 19.3 Å². The standard InChI is InChI=1S/C15H19NO3S/c1-16(8-7-15(18)19)14(17)10-20-13-6-5-11-3-2-4-12(11)9-13/h5-6,9H,2-4,7-8,10H2,1H3,(H,18,19). The van der Waals surface area contributed by atoms with E-state index >= 15 is 0 Å². The summed E-state index contributed by atoms with van der Waals surface area (Å²) in [5.41, 5.74) is 2.83. The van der Waals surface area contributed by atoms with E-state index in [-0.39, 0.29) is 18.9 Å². The number of amides is 1. The van der Waals surface area contributed by atoms with Crippen LogP contribution in [0.25, 0.3) is 0 Å². The first-order valence-electron chi connectivity index (χ1n) is 6.76. The molecule has 1 aliphatic carbocycles. The number of thioether (sulfide) groups is 1. The van der Waals surface area contributed by atoms with Crippen molar-refractivity contribution in [2.45, 2.75) is 30.6 Å². The molecule has 1 aromatic rings. The summed E-state index contributed by atoms with van der Waals surface area (Å²) in [5.74, 6) is -0.554. The van der Waals surface area contributed by atoms with Gasteiger partial charge in [0.15, 0.2) is 0 Å². The molecule has 5 heteroatoms. The molecule has 108 valence electrons. The number of carboxylic acid groups (broad SMARTS) is 1. The molecule has 0 heterocycles. The topological polar surface area (TPSA) is 57.6 Å². The summed E-state index contributed by atoms with van der Waals surface area (Å²) in [6.07, 6.45) is 3.51. The molecule has 0 bridgehead atoms. The highest BCUT2D eigenvalue weighted by Crippen LogP contribution is 2.27. The van der Waals surface area contributed by atoms with E-state index in [2.05, 4.69) is 18.2 Å². The third-order valence-electron chi connectivity index (χ3n) is 3.52. The van der Waals surface area contributed by atoms with Crippen molar-refractivity contribution in [1.29, 1.82) is 0 Å². The van der Waals surface area contributed by atoms with Crippen molar-refractivity contribution in [3.63, 3.8) is 0 Å². The highest BCUT2D eigenvalue weighted by atomic mass is 32.2. The van der Waals surface area contributed by atoms with E-state index in [9.17, 15) is 9.59 Å². The lowest BCUT2D eigenvalue weighted by Gasteiger charge is -2.15. The summed E-state index contributed by atoms with van der Waals surface area (Å²) in [7, 11) is 1.65. The summed E-state index contributed by atoms with van der Waals surface area (Å²) in [5, 5.41) is 8.60. The molecule has 1 aliphatic rings. The maximum absolute atomic E-state index is 11.9. The van der Waals surface area contributed by atoms with Gasteiger partial charge in [-0.2, -0.15) is 0 Å². The molecule has 4 nitrogen and oxygen atoms in total. The Bertz CT molecular complexity index is 516. The lowest BCUT2D eigenvalue weighted by molar-refractivity contribution is -0.137. The van der Waals surface area contributed by atoms with E-state index < -0.39 is 5.97 Å². The number of carboxylic acids is 1. The summed E-state index contributed by atoms with van der Waals surface area (Å²) >= 11 is 1.52. The van der Waals surface area contributed by atoms with Crippen LogP contribution in [0.2, 0.25) is 0 Å². The van der Waals surface area contributed by atoms with Gasteiger partial charge in [-0.25, -0.2) is 0 Å². The fraction of sp³-hybridized carbons (Fsp3) is 0.467. The fourth-order valence-electron chi connectivity index (χ4n) is 2.28. The Morgan fingerprint density at radius 1 is 1.30 bits per heavy atom. The van der Waals surface area contributed by atoms with Crippen molar-refractivity contribution in [3.8, 4) is 0 Å². The van der Waals surface area contributed by atoms with Gasteiger partial charge in [0, 0.05) is 18.5 Å². The predicted molar refractivity (Wildman–Crippen MR) is 79.1 cm³/mol. The Morgan fingerprint density at radius 2 is 2.05 bits per heavy atom. The van der Waals surface area contributed by atoms with Gasteiger partial charge in [0.25, 0.3) is 0 Å². The van der Waals surface area contributed by atoms with Crippen LogP contribution < -0.4 is 0 Å². The van der Waals surface area contributed by atoms with Gasteiger partial charge in [-0.3, -0.25) is 9.59 Å². The summed E-state index contributed by atoms with van der Waals surface area (Å²) in [6, 6.07) is 6.40. The monoisotopic (exact) mass is 293 g/mol. The van der Waals surface area contributed by atoms with Crippen LogP contribution in [0.4, 0.5) is 0 Å². The molecule has 0 fully saturated rings. The molecule has 1 amide bonds. The van der Waals surface area contributed by atoms with E-state index in [0.717, 1.165) is 17.7 Å². The summed E-state index contributed by atoms with van der Waals surface area (Å²) < 4.78 is 0. The molecular weight excluding hydrogens is 274 g/mol. The number of hydrogen-bond donors (Lipinski definition) is 1. The lowest BCUT2D eigenvalue weighted by atomic mass is 10.1. The zero-order chi connectivity index (χ0) is 14.5. The van der Waals surface area contributed by atoms with Gasteiger partial charge in [-0.05, 0) is 42.5 Å². The van der Waals surface area contributed by atoms with Gasteiger partial charge in [0.05, 0.1) is 12.2 Å². The van der Waals surface area contributed by atoms with Crippen LogP contribution in [0.3, 0.4) is 0 Å². The van der Waals surface area contributed by atoms with E-state index in [0.29, 0.717) is 5.75 Å². The zero-order valence-corrected chi connectivity index (χ0v) is 12.4. The Hall–Kier alpha value is -1.49. The third kappa shape index (κ3) is 4.00. The molecule has 0 radical (unpaired) electrons. The maximum Gasteiger partial charge on any atom is 0.305 e. The molecule has 0 saturated heterocycles. The number of aliphatic carboxylic acids is 1. The van der Waals surface area contributed by atoms with Crippen LogP contribution in [0, 0.1) is 0 Å². The molecule has 0 atom stereocenters. The van der Waals surface area contributed by atoms with Gasteiger partial charge in [0.1, 0.15) is 0 Å². The Labute approximate surface area is 123 Å². The molecule has 1 aromatic carbocycles. The lowest BCUT2D eigenvalue weighted by Crippen LogP contribution is -2.30. The smallest absolute Gasteiger partial charge is 0.305 e. The second-order valence-corrected chi connectivity index (χ2v) is 6.08. The fourth-order valence-corrected chi connectivity index (χ4v) is 3.18. The molecule has 0 saturated carbocycles. The number of carbonyl (C=O) groups is 2. The molecular formula is C15H19NO3S. The SMILES string of the molecule is CN(CCC(=O)O)C(=O)CSc1ccc2c(c1)CCC2. The highest BCUT2D eigenvalue weighted by molar-refractivity contribution is 8.00. The van der Waals surface area contributed by atoms with Crippen molar-refractivity contribution in [1.82, 2.24) is 4.90 Å². The number of fused-ring (bicyclic) bond motifs is 1. The largest absolute Gasteiger partial charge is 0.481 e. The van der Waals surface area contributed by atoms with Crippen molar-refractivity contribution >= 4 is 23.6 Å². The Balaban J connectivity index is 1.82. The van der Waals surface area contributed by atoms with E-state index in [1.807, 2.05) is 0 Å². The van der Waals surface area contributed by atoms with Gasteiger partial charge in [-0.15, -0.1) is 11.8 Å². The molecule has 20 heavy (non-hydrogen) atoms. The van der Waals surface area contributed by atoms with Crippen LogP contribution in [0.5, 0.6) is 0 Å². The van der Waals surface area contributed by atoms with Crippen molar-refractivity contribution in [2.24, 2.45) is 0 Å². The first-order chi connectivity index (χ1) is 9.56. The first-order valence-corrected chi connectivity index (χ1v) is 7.75. The quantitative estimate of drug-likeness (QED) is 0.817. The number of rotatable bonds is 6. The van der Waals surface area contributed by atoms with Gasteiger partial charge < -0.3 is 10.0 Å². The average molecular weight is 293 g/mol. The Morgan fingerprint density at radius 3 is 2.80 bits per heavy atom. The molecule has 0 aromatic heterocycles. The molecule has 0 unspecified atom stereocenters. The second-order valence-electron chi connectivity index (χ2n) is 5.03. The van der Waals surface area contributed by atoms with Crippen molar-refractivity contribution < 1.29 is 14.7 Å². The van der Waals surface area contributed by atoms with Crippen LogP contribution in [-0.4, -0.2) is 41.2 Å². The minimum Gasteiger partial charge on any atom is -0.481 e. The van der Waals surface area contributed by atoms with E-state index in [4.69, 9.17) is 5.11 Å². The molecule has 0 spiro atoms. The second kappa shape index (κ2) is 6.79. The third-order valence-corrected chi connectivity index (χ3v) is 4.50. The van der Waals surface area contributed by atoms with Crippen LogP contribution in [0.15, 0.2) is 23.1 Å². The number of benzene rings is 1. The summed E-state index contributed by atoms with van der Waals surface area (Å²) in [4.78, 5) is 24.9. The maximum atomic E-state index is 11.9. The number of nitrogens with zero attached hydrogens (tertiary/aromatic N) is 1. The van der Waals surface area contributed by atoms with Gasteiger partial charge in [-0.1, -0.05) is 6.07 Å². The highest BCUT2D eigenvalue weighted by Gasteiger charge is 2.13. The minimum absolute atomic E-state index is 0.00818. The first kappa shape index (κ1) is 14.9. The minimum atomic E-state index is -0.879. The number of hydrogen-bond acceptors (Lipinski definition) is 3.